The molecule has 0 radical (unpaired) electrons. The highest BCUT2D eigenvalue weighted by molar-refractivity contribution is 5.80. The Hall–Kier alpha value is -2.63. The molecule has 0 atom stereocenters. The lowest BCUT2D eigenvalue weighted by molar-refractivity contribution is -0.119. The summed E-state index contributed by atoms with van der Waals surface area (Å²) in [6.45, 7) is -0.127. The van der Waals surface area contributed by atoms with Crippen LogP contribution in [0.4, 0.5) is 14.5 Å². The zero-order chi connectivity index (χ0) is 17.4. The molecule has 0 saturated carbocycles. The largest absolute Gasteiger partial charge is 0.435 e. The number of rotatable bonds is 8. The van der Waals surface area contributed by atoms with Gasteiger partial charge in [-0.05, 0) is 48.7 Å². The predicted octanol–water partition coefficient (Wildman–Crippen LogP) is 3.37. The summed E-state index contributed by atoms with van der Waals surface area (Å²) in [4.78, 5) is 11.8. The van der Waals surface area contributed by atoms with Crippen LogP contribution in [0.15, 0.2) is 48.5 Å². The molecule has 1 amide bonds. The average Bonchev–Trinajstić information content (AvgIpc) is 2.55. The van der Waals surface area contributed by atoms with Crippen LogP contribution in [0.25, 0.3) is 0 Å². The third-order valence-corrected chi connectivity index (χ3v) is 3.51. The maximum absolute atomic E-state index is 12.1. The van der Waals surface area contributed by atoms with Crippen LogP contribution >= 0.6 is 0 Å². The number of anilines is 1. The first-order valence-electron chi connectivity index (χ1n) is 7.64. The van der Waals surface area contributed by atoms with Crippen LogP contribution in [0, 0.1) is 6.92 Å². The SMILES string of the molecule is Cc1ccccc1CCNC(=O)CNc1ccc(OC(F)F)cc1. The molecule has 0 aliphatic carbocycles. The number of amides is 1. The molecule has 128 valence electrons. The van der Waals surface area contributed by atoms with E-state index in [1.54, 1.807) is 12.1 Å². The zero-order valence-corrected chi connectivity index (χ0v) is 13.4. The van der Waals surface area contributed by atoms with Gasteiger partial charge >= 0.3 is 6.61 Å². The molecule has 6 heteroatoms. The van der Waals surface area contributed by atoms with Crippen molar-refractivity contribution in [1.29, 1.82) is 0 Å². The van der Waals surface area contributed by atoms with Gasteiger partial charge in [-0.15, -0.1) is 0 Å². The maximum Gasteiger partial charge on any atom is 0.387 e. The second kappa shape index (κ2) is 8.86. The highest BCUT2D eigenvalue weighted by Gasteiger charge is 2.05. The summed E-state index contributed by atoms with van der Waals surface area (Å²) < 4.78 is 28.4. The molecule has 0 aromatic heterocycles. The molecule has 0 unspecified atom stereocenters. The van der Waals surface area contributed by atoms with E-state index in [9.17, 15) is 13.6 Å². The smallest absolute Gasteiger partial charge is 0.387 e. The van der Waals surface area contributed by atoms with Crippen LogP contribution in [0.2, 0.25) is 0 Å². The molecule has 0 aliphatic rings. The monoisotopic (exact) mass is 334 g/mol. The topological polar surface area (TPSA) is 50.4 Å². The van der Waals surface area contributed by atoms with E-state index in [1.165, 1.54) is 23.3 Å². The molecule has 4 nitrogen and oxygen atoms in total. The number of carbonyl (C=O) groups excluding carboxylic acids is 1. The van der Waals surface area contributed by atoms with Crippen molar-refractivity contribution in [1.82, 2.24) is 5.32 Å². The van der Waals surface area contributed by atoms with Crippen molar-refractivity contribution >= 4 is 11.6 Å². The number of aryl methyl sites for hydroxylation is 1. The van der Waals surface area contributed by atoms with Crippen LogP contribution < -0.4 is 15.4 Å². The number of nitrogens with one attached hydrogen (secondary N) is 2. The second-order valence-corrected chi connectivity index (χ2v) is 5.28. The summed E-state index contributed by atoms with van der Waals surface area (Å²) in [5, 5.41) is 5.77. The van der Waals surface area contributed by atoms with Gasteiger partial charge < -0.3 is 15.4 Å². The van der Waals surface area contributed by atoms with E-state index in [1.807, 2.05) is 31.2 Å². The Morgan fingerprint density at radius 3 is 2.50 bits per heavy atom. The molecule has 0 aliphatic heterocycles. The van der Waals surface area contributed by atoms with Crippen molar-refractivity contribution in [3.05, 3.63) is 59.7 Å². The maximum atomic E-state index is 12.1. The molecular weight excluding hydrogens is 314 g/mol. The first-order chi connectivity index (χ1) is 11.5. The highest BCUT2D eigenvalue weighted by Crippen LogP contribution is 2.17. The van der Waals surface area contributed by atoms with Crippen molar-refractivity contribution in [2.75, 3.05) is 18.4 Å². The first kappa shape index (κ1) is 17.7. The fraction of sp³-hybridized carbons (Fsp3) is 0.278. The van der Waals surface area contributed by atoms with Crippen LogP contribution in [0.5, 0.6) is 5.75 Å². The summed E-state index contributed by atoms with van der Waals surface area (Å²) in [6.07, 6.45) is 0.776. The number of ether oxygens (including phenoxy) is 1. The summed E-state index contributed by atoms with van der Waals surface area (Å²) >= 11 is 0. The molecule has 0 bridgehead atoms. The number of carbonyl (C=O) groups is 1. The van der Waals surface area contributed by atoms with E-state index in [2.05, 4.69) is 15.4 Å². The van der Waals surface area contributed by atoms with Crippen LogP contribution in [-0.2, 0) is 11.2 Å². The van der Waals surface area contributed by atoms with Gasteiger partial charge in [-0.25, -0.2) is 0 Å². The van der Waals surface area contributed by atoms with Gasteiger partial charge in [0.05, 0.1) is 6.54 Å². The Balaban J connectivity index is 1.70. The normalized spacial score (nSPS) is 10.5. The number of hydrogen-bond donors (Lipinski definition) is 2. The van der Waals surface area contributed by atoms with Gasteiger partial charge in [0.2, 0.25) is 5.91 Å². The highest BCUT2D eigenvalue weighted by atomic mass is 19.3. The number of benzene rings is 2. The number of hydrogen-bond acceptors (Lipinski definition) is 3. The van der Waals surface area contributed by atoms with Gasteiger partial charge in [0.25, 0.3) is 0 Å². The molecule has 24 heavy (non-hydrogen) atoms. The minimum Gasteiger partial charge on any atom is -0.435 e. The van der Waals surface area contributed by atoms with E-state index in [4.69, 9.17) is 0 Å². The van der Waals surface area contributed by atoms with Gasteiger partial charge in [0.1, 0.15) is 5.75 Å². The molecule has 2 aromatic carbocycles. The van der Waals surface area contributed by atoms with E-state index >= 15 is 0 Å². The fourth-order valence-electron chi connectivity index (χ4n) is 2.23. The van der Waals surface area contributed by atoms with Gasteiger partial charge in [-0.3, -0.25) is 4.79 Å². The molecule has 2 rings (SSSR count). The summed E-state index contributed by atoms with van der Waals surface area (Å²) in [5.74, 6) is -0.0466. The summed E-state index contributed by atoms with van der Waals surface area (Å²) in [5.41, 5.74) is 3.07. The summed E-state index contributed by atoms with van der Waals surface area (Å²) in [6, 6.07) is 14.1. The van der Waals surface area contributed by atoms with Crippen LogP contribution in [-0.4, -0.2) is 25.6 Å². The minimum atomic E-state index is -2.84. The Morgan fingerprint density at radius 1 is 1.12 bits per heavy atom. The standard InChI is InChI=1S/C18H20F2N2O2/c1-13-4-2-3-5-14(13)10-11-21-17(23)12-22-15-6-8-16(9-7-15)24-18(19)20/h2-9,18,22H,10-12H2,1H3,(H,21,23). The molecule has 0 saturated heterocycles. The molecule has 2 N–H and O–H groups in total. The van der Waals surface area contributed by atoms with E-state index < -0.39 is 6.61 Å². The Bertz CT molecular complexity index is 660. The van der Waals surface area contributed by atoms with Crippen molar-refractivity contribution in [3.8, 4) is 5.75 Å². The lowest BCUT2D eigenvalue weighted by Gasteiger charge is -2.10. The molecule has 0 spiro atoms. The van der Waals surface area contributed by atoms with Crippen molar-refractivity contribution < 1.29 is 18.3 Å². The van der Waals surface area contributed by atoms with Gasteiger partial charge in [-0.2, -0.15) is 8.78 Å². The fourth-order valence-corrected chi connectivity index (χ4v) is 2.23. The second-order valence-electron chi connectivity index (χ2n) is 5.28. The predicted molar refractivity (Wildman–Crippen MR) is 89.5 cm³/mol. The van der Waals surface area contributed by atoms with Crippen molar-refractivity contribution in [2.24, 2.45) is 0 Å². The van der Waals surface area contributed by atoms with E-state index in [0.717, 1.165) is 6.42 Å². The lowest BCUT2D eigenvalue weighted by Crippen LogP contribution is -2.31. The Kier molecular flexibility index (Phi) is 6.54. The molecule has 0 fully saturated rings. The summed E-state index contributed by atoms with van der Waals surface area (Å²) in [7, 11) is 0. The van der Waals surface area contributed by atoms with E-state index in [0.29, 0.717) is 12.2 Å². The number of alkyl halides is 2. The molecular formula is C18H20F2N2O2. The molecule has 2 aromatic rings. The van der Waals surface area contributed by atoms with Crippen molar-refractivity contribution in [3.63, 3.8) is 0 Å². The third kappa shape index (κ3) is 5.87. The molecule has 0 heterocycles. The first-order valence-corrected chi connectivity index (χ1v) is 7.64. The lowest BCUT2D eigenvalue weighted by atomic mass is 10.1. The van der Waals surface area contributed by atoms with Crippen molar-refractivity contribution in [2.45, 2.75) is 20.0 Å². The van der Waals surface area contributed by atoms with Crippen LogP contribution in [0.3, 0.4) is 0 Å². The average molecular weight is 334 g/mol. The Morgan fingerprint density at radius 2 is 1.83 bits per heavy atom. The third-order valence-electron chi connectivity index (χ3n) is 3.51. The van der Waals surface area contributed by atoms with E-state index in [-0.39, 0.29) is 18.2 Å². The van der Waals surface area contributed by atoms with Gasteiger partial charge in [0.15, 0.2) is 0 Å². The van der Waals surface area contributed by atoms with Gasteiger partial charge in [0, 0.05) is 12.2 Å². The quantitative estimate of drug-likeness (QED) is 0.778. The van der Waals surface area contributed by atoms with Crippen LogP contribution in [0.1, 0.15) is 11.1 Å². The zero-order valence-electron chi connectivity index (χ0n) is 13.4. The van der Waals surface area contributed by atoms with Gasteiger partial charge in [-0.1, -0.05) is 24.3 Å². The minimum absolute atomic E-state index is 0.0817. The number of halogens is 2. The Labute approximate surface area is 139 Å².